The molecule has 0 aliphatic carbocycles. The molecule has 16 heavy (non-hydrogen) atoms. The first-order chi connectivity index (χ1) is 7.29. The summed E-state index contributed by atoms with van der Waals surface area (Å²) in [6.07, 6.45) is 0. The van der Waals surface area contributed by atoms with E-state index >= 15 is 0 Å². The number of carbonyl (C=O) groups excluding carboxylic acids is 1. The van der Waals surface area contributed by atoms with E-state index in [-0.39, 0.29) is 0 Å². The van der Waals surface area contributed by atoms with E-state index in [2.05, 4.69) is 0 Å². The van der Waals surface area contributed by atoms with Gasteiger partial charge in [-0.1, -0.05) is 23.7 Å². The molecule has 0 N–H and O–H groups in total. The van der Waals surface area contributed by atoms with Crippen LogP contribution in [0.25, 0.3) is 0 Å². The third-order valence-corrected chi connectivity index (χ3v) is 2.14. The molecule has 0 amide bonds. The van der Waals surface area contributed by atoms with Gasteiger partial charge in [0.1, 0.15) is 5.60 Å². The van der Waals surface area contributed by atoms with E-state index in [0.717, 1.165) is 0 Å². The Morgan fingerprint density at radius 2 is 1.81 bits per heavy atom. The van der Waals surface area contributed by atoms with Crippen LogP contribution in [-0.2, 0) is 9.53 Å². The van der Waals surface area contributed by atoms with Crippen LogP contribution in [0.3, 0.4) is 0 Å². The number of hydrogen-bond acceptors (Lipinski definition) is 2. The molecule has 0 aromatic heterocycles. The molecule has 2 radical (unpaired) electrons. The minimum atomic E-state index is -0.767. The number of esters is 1. The first-order valence-corrected chi connectivity index (χ1v) is 5.41. The summed E-state index contributed by atoms with van der Waals surface area (Å²) in [5.41, 5.74) is 0.167. The third-order valence-electron chi connectivity index (χ3n) is 1.89. The van der Waals surface area contributed by atoms with E-state index in [1.807, 2.05) is 0 Å². The maximum absolute atomic E-state index is 11.7. The van der Waals surface area contributed by atoms with Crippen LogP contribution in [0.2, 0.25) is 5.02 Å². The lowest BCUT2D eigenvalue weighted by atomic mass is 9.81. The van der Waals surface area contributed by atoms with Crippen molar-refractivity contribution in [3.63, 3.8) is 0 Å². The molecule has 0 saturated heterocycles. The Balaban J connectivity index is 2.74. The molecule has 0 aliphatic rings. The van der Waals surface area contributed by atoms with Crippen molar-refractivity contribution >= 4 is 25.4 Å². The molecule has 0 aliphatic heterocycles. The molecule has 1 aromatic rings. The molecule has 1 atom stereocenters. The van der Waals surface area contributed by atoms with Crippen molar-refractivity contribution in [2.75, 3.05) is 0 Å². The van der Waals surface area contributed by atoms with Gasteiger partial charge in [0.05, 0.1) is 7.85 Å². The van der Waals surface area contributed by atoms with Gasteiger partial charge in [0.25, 0.3) is 0 Å². The van der Waals surface area contributed by atoms with E-state index in [0.29, 0.717) is 10.6 Å². The number of hydrogen-bond donors (Lipinski definition) is 0. The van der Waals surface area contributed by atoms with Crippen LogP contribution in [0.5, 0.6) is 0 Å². The zero-order valence-corrected chi connectivity index (χ0v) is 10.4. The van der Waals surface area contributed by atoms with Gasteiger partial charge < -0.3 is 4.74 Å². The van der Waals surface area contributed by atoms with Crippen molar-refractivity contribution in [3.05, 3.63) is 34.9 Å². The predicted molar refractivity (Wildman–Crippen MR) is 65.8 cm³/mol. The minimum Gasteiger partial charge on any atom is -0.460 e. The Kier molecular flexibility index (Phi) is 4.03. The van der Waals surface area contributed by atoms with Crippen molar-refractivity contribution in [1.82, 2.24) is 0 Å². The number of carbonyl (C=O) groups is 1. The summed E-state index contributed by atoms with van der Waals surface area (Å²) in [7, 11) is 5.78. The van der Waals surface area contributed by atoms with Gasteiger partial charge in [0.2, 0.25) is 0 Å². The van der Waals surface area contributed by atoms with Gasteiger partial charge in [-0.3, -0.25) is 4.79 Å². The zero-order valence-electron chi connectivity index (χ0n) is 9.66. The van der Waals surface area contributed by atoms with Crippen molar-refractivity contribution < 1.29 is 9.53 Å². The fourth-order valence-electron chi connectivity index (χ4n) is 1.17. The Morgan fingerprint density at radius 1 is 1.31 bits per heavy atom. The standard InChI is InChI=1S/C12H14BClO2/c1-12(2,3)16-11(15)10(13)8-4-6-9(14)7-5-8/h4-7,10H,1-3H3/t10-/m1/s1. The fraction of sp³-hybridized carbons (Fsp3) is 0.417. The molecule has 1 rings (SSSR count). The van der Waals surface area contributed by atoms with Crippen LogP contribution in [0.1, 0.15) is 32.2 Å². The van der Waals surface area contributed by atoms with E-state index < -0.39 is 17.4 Å². The van der Waals surface area contributed by atoms with Crippen molar-refractivity contribution in [2.24, 2.45) is 0 Å². The molecule has 0 unspecified atom stereocenters. The highest BCUT2D eigenvalue weighted by atomic mass is 35.5. The highest BCUT2D eigenvalue weighted by molar-refractivity contribution is 6.30. The summed E-state index contributed by atoms with van der Waals surface area (Å²) in [6.45, 7) is 5.42. The maximum Gasteiger partial charge on any atom is 0.304 e. The second-order valence-electron chi connectivity index (χ2n) is 4.56. The largest absolute Gasteiger partial charge is 0.460 e. The van der Waals surface area contributed by atoms with Crippen molar-refractivity contribution in [1.29, 1.82) is 0 Å². The second kappa shape index (κ2) is 4.92. The fourth-order valence-corrected chi connectivity index (χ4v) is 1.30. The molecule has 0 fully saturated rings. The molecule has 0 spiro atoms. The summed E-state index contributed by atoms with van der Waals surface area (Å²) in [5, 5.41) is 0.611. The SMILES string of the molecule is [B][C@@H](C(=O)OC(C)(C)C)c1ccc(Cl)cc1. The number of ether oxygens (including phenoxy) is 1. The average Bonchev–Trinajstić information content (AvgIpc) is 2.15. The van der Waals surface area contributed by atoms with Crippen LogP contribution in [0.4, 0.5) is 0 Å². The molecular weight excluding hydrogens is 222 g/mol. The summed E-state index contributed by atoms with van der Waals surface area (Å²) < 4.78 is 5.19. The minimum absolute atomic E-state index is 0.435. The van der Waals surface area contributed by atoms with Crippen LogP contribution in [-0.4, -0.2) is 19.4 Å². The van der Waals surface area contributed by atoms with Crippen molar-refractivity contribution in [2.45, 2.75) is 32.2 Å². The van der Waals surface area contributed by atoms with Crippen molar-refractivity contribution in [3.8, 4) is 0 Å². The van der Waals surface area contributed by atoms with Crippen LogP contribution in [0, 0.1) is 0 Å². The van der Waals surface area contributed by atoms with Crippen LogP contribution in [0.15, 0.2) is 24.3 Å². The Bertz CT molecular complexity index is 368. The smallest absolute Gasteiger partial charge is 0.304 e. The first kappa shape index (κ1) is 13.1. The van der Waals surface area contributed by atoms with Gasteiger partial charge >= 0.3 is 5.97 Å². The first-order valence-electron chi connectivity index (χ1n) is 5.03. The normalized spacial score (nSPS) is 13.2. The lowest BCUT2D eigenvalue weighted by Gasteiger charge is -2.22. The summed E-state index contributed by atoms with van der Waals surface area (Å²) in [5.74, 6) is -1.20. The summed E-state index contributed by atoms with van der Waals surface area (Å²) >= 11 is 5.75. The van der Waals surface area contributed by atoms with Crippen LogP contribution >= 0.6 is 11.6 Å². The molecule has 1 aromatic carbocycles. The monoisotopic (exact) mass is 236 g/mol. The number of rotatable bonds is 2. The van der Waals surface area contributed by atoms with Gasteiger partial charge in [-0.15, -0.1) is 0 Å². The van der Waals surface area contributed by atoms with E-state index in [1.165, 1.54) is 0 Å². The molecule has 0 bridgehead atoms. The van der Waals surface area contributed by atoms with Crippen LogP contribution < -0.4 is 0 Å². The second-order valence-corrected chi connectivity index (χ2v) is 5.00. The topological polar surface area (TPSA) is 26.3 Å². The molecule has 0 saturated carbocycles. The third kappa shape index (κ3) is 3.89. The van der Waals surface area contributed by atoms with E-state index in [1.54, 1.807) is 45.0 Å². The molecule has 2 nitrogen and oxygen atoms in total. The Labute approximate surface area is 102 Å². The maximum atomic E-state index is 11.7. The highest BCUT2D eigenvalue weighted by Crippen LogP contribution is 2.19. The lowest BCUT2D eigenvalue weighted by Crippen LogP contribution is -2.27. The van der Waals surface area contributed by atoms with Gasteiger partial charge in [-0.25, -0.2) is 0 Å². The lowest BCUT2D eigenvalue weighted by molar-refractivity contribution is -0.154. The summed E-state index contributed by atoms with van der Waals surface area (Å²) in [6, 6.07) is 6.83. The number of benzene rings is 1. The zero-order chi connectivity index (χ0) is 12.3. The quantitative estimate of drug-likeness (QED) is 0.583. The molecular formula is C12H14BClO2. The Morgan fingerprint density at radius 3 is 2.25 bits per heavy atom. The molecule has 0 heterocycles. The van der Waals surface area contributed by atoms with Gasteiger partial charge in [0, 0.05) is 10.8 Å². The highest BCUT2D eigenvalue weighted by Gasteiger charge is 2.22. The summed E-state index contributed by atoms with van der Waals surface area (Å²) in [4.78, 5) is 11.7. The van der Waals surface area contributed by atoms with Gasteiger partial charge in [-0.2, -0.15) is 0 Å². The van der Waals surface area contributed by atoms with Gasteiger partial charge in [-0.05, 0) is 38.5 Å². The molecule has 4 heteroatoms. The Hall–Kier alpha value is -0.955. The van der Waals surface area contributed by atoms with E-state index in [4.69, 9.17) is 24.2 Å². The van der Waals surface area contributed by atoms with E-state index in [9.17, 15) is 4.79 Å². The number of halogens is 1. The average molecular weight is 237 g/mol. The van der Waals surface area contributed by atoms with Gasteiger partial charge in [0.15, 0.2) is 0 Å². The predicted octanol–water partition coefficient (Wildman–Crippen LogP) is 2.89. The molecule has 84 valence electrons.